The first-order valence-corrected chi connectivity index (χ1v) is 6.07. The number of hydrogen-bond donors (Lipinski definition) is 1. The average molecular weight is 265 g/mol. The van der Waals surface area contributed by atoms with E-state index in [9.17, 15) is 4.39 Å². The Morgan fingerprint density at radius 1 is 1.33 bits per heavy atom. The Bertz CT molecular complexity index is 557. The molecule has 1 heterocycles. The number of pyridine rings is 1. The smallest absolute Gasteiger partial charge is 0.123 e. The molecular formula is C14H14ClFN2. The van der Waals surface area contributed by atoms with Crippen LogP contribution in [0.1, 0.15) is 23.0 Å². The summed E-state index contributed by atoms with van der Waals surface area (Å²) < 4.78 is 13.1. The van der Waals surface area contributed by atoms with Crippen molar-refractivity contribution >= 4 is 11.6 Å². The van der Waals surface area contributed by atoms with E-state index in [1.165, 1.54) is 12.1 Å². The SMILES string of the molecule is Cc1cccc(C(N)Cc2cc(F)ccc2Cl)n1. The summed E-state index contributed by atoms with van der Waals surface area (Å²) >= 11 is 6.02. The second-order valence-corrected chi connectivity index (χ2v) is 4.66. The molecule has 0 aliphatic carbocycles. The number of nitrogens with two attached hydrogens (primary N) is 1. The summed E-state index contributed by atoms with van der Waals surface area (Å²) in [5.41, 5.74) is 8.47. The van der Waals surface area contributed by atoms with Crippen LogP contribution in [-0.4, -0.2) is 4.98 Å². The molecule has 1 aromatic heterocycles. The Morgan fingerprint density at radius 2 is 2.11 bits per heavy atom. The Labute approximate surface area is 111 Å². The fourth-order valence-electron chi connectivity index (χ4n) is 1.81. The van der Waals surface area contributed by atoms with Crippen molar-refractivity contribution in [2.45, 2.75) is 19.4 Å². The monoisotopic (exact) mass is 264 g/mol. The first-order valence-electron chi connectivity index (χ1n) is 5.69. The Hall–Kier alpha value is -1.45. The summed E-state index contributed by atoms with van der Waals surface area (Å²) in [5.74, 6) is -0.307. The van der Waals surface area contributed by atoms with Gasteiger partial charge in [-0.25, -0.2) is 4.39 Å². The van der Waals surface area contributed by atoms with Gasteiger partial charge in [0.1, 0.15) is 5.82 Å². The maximum absolute atomic E-state index is 13.1. The highest BCUT2D eigenvalue weighted by atomic mass is 35.5. The van der Waals surface area contributed by atoms with E-state index in [0.29, 0.717) is 17.0 Å². The summed E-state index contributed by atoms with van der Waals surface area (Å²) in [7, 11) is 0. The summed E-state index contributed by atoms with van der Waals surface area (Å²) in [6.45, 7) is 1.91. The highest BCUT2D eigenvalue weighted by Crippen LogP contribution is 2.22. The molecule has 0 aliphatic rings. The van der Waals surface area contributed by atoms with Crippen LogP contribution in [0, 0.1) is 12.7 Å². The van der Waals surface area contributed by atoms with E-state index in [-0.39, 0.29) is 11.9 Å². The van der Waals surface area contributed by atoms with E-state index in [1.807, 2.05) is 25.1 Å². The zero-order valence-electron chi connectivity index (χ0n) is 10.0. The summed E-state index contributed by atoms with van der Waals surface area (Å²) in [5, 5.41) is 0.527. The molecule has 0 amide bonds. The van der Waals surface area contributed by atoms with Crippen LogP contribution in [0.5, 0.6) is 0 Å². The fraction of sp³-hybridized carbons (Fsp3) is 0.214. The number of rotatable bonds is 3. The lowest BCUT2D eigenvalue weighted by molar-refractivity contribution is 0.620. The van der Waals surface area contributed by atoms with E-state index in [4.69, 9.17) is 17.3 Å². The molecule has 2 aromatic rings. The minimum atomic E-state index is -0.307. The molecule has 0 saturated heterocycles. The molecule has 2 nitrogen and oxygen atoms in total. The number of aryl methyl sites for hydroxylation is 1. The van der Waals surface area contributed by atoms with Crippen molar-refractivity contribution in [1.82, 2.24) is 4.98 Å². The predicted molar refractivity (Wildman–Crippen MR) is 71.0 cm³/mol. The summed E-state index contributed by atoms with van der Waals surface area (Å²) in [6.07, 6.45) is 0.465. The van der Waals surface area contributed by atoms with Crippen LogP contribution in [0.4, 0.5) is 4.39 Å². The average Bonchev–Trinajstić information content (AvgIpc) is 2.34. The van der Waals surface area contributed by atoms with Gasteiger partial charge in [-0.2, -0.15) is 0 Å². The highest BCUT2D eigenvalue weighted by molar-refractivity contribution is 6.31. The topological polar surface area (TPSA) is 38.9 Å². The molecule has 94 valence electrons. The van der Waals surface area contributed by atoms with Gasteiger partial charge in [0.05, 0.1) is 11.7 Å². The van der Waals surface area contributed by atoms with Crippen LogP contribution in [-0.2, 0) is 6.42 Å². The minimum Gasteiger partial charge on any atom is -0.322 e. The van der Waals surface area contributed by atoms with Crippen molar-refractivity contribution in [3.63, 3.8) is 0 Å². The number of halogens is 2. The van der Waals surface area contributed by atoms with E-state index < -0.39 is 0 Å². The van der Waals surface area contributed by atoms with Crippen molar-refractivity contribution in [3.8, 4) is 0 Å². The van der Waals surface area contributed by atoms with Gasteiger partial charge in [-0.1, -0.05) is 17.7 Å². The van der Waals surface area contributed by atoms with Gasteiger partial charge in [0.15, 0.2) is 0 Å². The van der Waals surface area contributed by atoms with Gasteiger partial charge in [-0.15, -0.1) is 0 Å². The summed E-state index contributed by atoms with van der Waals surface area (Å²) in [6, 6.07) is 9.69. The molecule has 2 N–H and O–H groups in total. The van der Waals surface area contributed by atoms with E-state index in [1.54, 1.807) is 6.07 Å². The van der Waals surface area contributed by atoms with Crippen LogP contribution in [0.3, 0.4) is 0 Å². The van der Waals surface area contributed by atoms with Gasteiger partial charge in [-0.05, 0) is 49.2 Å². The predicted octanol–water partition coefficient (Wildman–Crippen LogP) is 3.43. The highest BCUT2D eigenvalue weighted by Gasteiger charge is 2.11. The Kier molecular flexibility index (Phi) is 3.94. The number of benzene rings is 1. The standard InChI is InChI=1S/C14H14ClFN2/c1-9-3-2-4-14(18-9)13(17)8-10-7-11(16)5-6-12(10)15/h2-7,13H,8,17H2,1H3. The Balaban J connectivity index is 2.21. The first-order chi connectivity index (χ1) is 8.56. The van der Waals surface area contributed by atoms with Gasteiger partial charge < -0.3 is 5.73 Å². The molecule has 0 fully saturated rings. The van der Waals surface area contributed by atoms with Crippen molar-refractivity contribution in [1.29, 1.82) is 0 Å². The second kappa shape index (κ2) is 5.46. The van der Waals surface area contributed by atoms with Gasteiger partial charge in [0.2, 0.25) is 0 Å². The normalized spacial score (nSPS) is 12.4. The molecule has 18 heavy (non-hydrogen) atoms. The van der Waals surface area contributed by atoms with E-state index in [2.05, 4.69) is 4.98 Å². The molecule has 0 spiro atoms. The first kappa shape index (κ1) is 13.0. The number of hydrogen-bond acceptors (Lipinski definition) is 2. The maximum Gasteiger partial charge on any atom is 0.123 e. The van der Waals surface area contributed by atoms with Gasteiger partial charge in [-0.3, -0.25) is 4.98 Å². The molecule has 4 heteroatoms. The van der Waals surface area contributed by atoms with E-state index >= 15 is 0 Å². The summed E-state index contributed by atoms with van der Waals surface area (Å²) in [4.78, 5) is 4.36. The molecular weight excluding hydrogens is 251 g/mol. The third kappa shape index (κ3) is 3.06. The Morgan fingerprint density at radius 3 is 2.83 bits per heavy atom. The zero-order chi connectivity index (χ0) is 13.1. The molecule has 0 radical (unpaired) electrons. The van der Waals surface area contributed by atoms with Crippen molar-refractivity contribution in [2.75, 3.05) is 0 Å². The van der Waals surface area contributed by atoms with Crippen molar-refractivity contribution in [2.24, 2.45) is 5.73 Å². The molecule has 0 aliphatic heterocycles. The van der Waals surface area contributed by atoms with Gasteiger partial charge in [0.25, 0.3) is 0 Å². The van der Waals surface area contributed by atoms with Gasteiger partial charge >= 0.3 is 0 Å². The number of aromatic nitrogens is 1. The molecule has 0 bridgehead atoms. The third-order valence-electron chi connectivity index (χ3n) is 2.74. The maximum atomic E-state index is 13.1. The van der Waals surface area contributed by atoms with Gasteiger partial charge in [0, 0.05) is 10.7 Å². The molecule has 1 aromatic carbocycles. The molecule has 0 saturated carbocycles. The third-order valence-corrected chi connectivity index (χ3v) is 3.11. The van der Waals surface area contributed by atoms with Crippen LogP contribution in [0.15, 0.2) is 36.4 Å². The second-order valence-electron chi connectivity index (χ2n) is 4.25. The van der Waals surface area contributed by atoms with Crippen LogP contribution < -0.4 is 5.73 Å². The van der Waals surface area contributed by atoms with E-state index in [0.717, 1.165) is 11.4 Å². The number of nitrogens with zero attached hydrogens (tertiary/aromatic N) is 1. The quantitative estimate of drug-likeness (QED) is 0.923. The lowest BCUT2D eigenvalue weighted by Gasteiger charge is -2.13. The lowest BCUT2D eigenvalue weighted by atomic mass is 10.0. The van der Waals surface area contributed by atoms with Crippen LogP contribution >= 0.6 is 11.6 Å². The molecule has 1 atom stereocenters. The van der Waals surface area contributed by atoms with Crippen LogP contribution in [0.2, 0.25) is 5.02 Å². The largest absolute Gasteiger partial charge is 0.322 e. The molecule has 1 unspecified atom stereocenters. The lowest BCUT2D eigenvalue weighted by Crippen LogP contribution is -2.15. The zero-order valence-corrected chi connectivity index (χ0v) is 10.8. The minimum absolute atomic E-state index is 0.288. The van der Waals surface area contributed by atoms with Crippen molar-refractivity contribution < 1.29 is 4.39 Å². The van der Waals surface area contributed by atoms with Crippen LogP contribution in [0.25, 0.3) is 0 Å². The van der Waals surface area contributed by atoms with Crippen molar-refractivity contribution in [3.05, 3.63) is 64.2 Å². The molecule has 2 rings (SSSR count). The fourth-order valence-corrected chi connectivity index (χ4v) is 2.01.